The maximum absolute atomic E-state index is 5.50. The van der Waals surface area contributed by atoms with Crippen molar-refractivity contribution in [2.24, 2.45) is 5.92 Å². The average Bonchev–Trinajstić information content (AvgIpc) is 3.11. The van der Waals surface area contributed by atoms with Crippen LogP contribution in [0.15, 0.2) is 4.52 Å². The summed E-state index contributed by atoms with van der Waals surface area (Å²) in [6, 6.07) is 0.483. The van der Waals surface area contributed by atoms with Crippen molar-refractivity contribution in [3.63, 3.8) is 0 Å². The van der Waals surface area contributed by atoms with Crippen LogP contribution >= 0.6 is 0 Å². The van der Waals surface area contributed by atoms with Crippen LogP contribution in [0.3, 0.4) is 0 Å². The van der Waals surface area contributed by atoms with Gasteiger partial charge < -0.3 is 14.6 Å². The van der Waals surface area contributed by atoms with E-state index in [1.807, 2.05) is 7.05 Å². The van der Waals surface area contributed by atoms with Crippen LogP contribution in [0.4, 0.5) is 0 Å². The van der Waals surface area contributed by atoms with Gasteiger partial charge in [0.2, 0.25) is 5.89 Å². The van der Waals surface area contributed by atoms with Gasteiger partial charge in [0.25, 0.3) is 0 Å². The van der Waals surface area contributed by atoms with Gasteiger partial charge in [-0.25, -0.2) is 0 Å². The van der Waals surface area contributed by atoms with E-state index in [-0.39, 0.29) is 0 Å². The van der Waals surface area contributed by atoms with Crippen LogP contribution in [0.2, 0.25) is 0 Å². The van der Waals surface area contributed by atoms with E-state index in [0.717, 1.165) is 44.2 Å². The summed E-state index contributed by atoms with van der Waals surface area (Å²) in [6.45, 7) is 1.71. The first-order valence-electron chi connectivity index (χ1n) is 7.44. The Morgan fingerprint density at radius 1 is 1.26 bits per heavy atom. The number of nitrogens with zero attached hydrogens (tertiary/aromatic N) is 2. The summed E-state index contributed by atoms with van der Waals surface area (Å²) in [5, 5.41) is 7.54. The van der Waals surface area contributed by atoms with E-state index < -0.39 is 0 Å². The van der Waals surface area contributed by atoms with E-state index in [4.69, 9.17) is 9.26 Å². The van der Waals surface area contributed by atoms with Gasteiger partial charge in [-0.05, 0) is 32.2 Å². The van der Waals surface area contributed by atoms with Crippen molar-refractivity contribution in [1.82, 2.24) is 15.5 Å². The zero-order valence-corrected chi connectivity index (χ0v) is 11.6. The molecule has 1 N–H and O–H groups in total. The topological polar surface area (TPSA) is 60.2 Å². The smallest absolute Gasteiger partial charge is 0.231 e. The summed E-state index contributed by atoms with van der Waals surface area (Å²) < 4.78 is 10.9. The number of ether oxygens (including phenoxy) is 1. The molecule has 0 amide bonds. The lowest BCUT2D eigenvalue weighted by Crippen LogP contribution is -2.34. The molecule has 5 nitrogen and oxygen atoms in total. The van der Waals surface area contributed by atoms with E-state index in [9.17, 15) is 0 Å². The predicted octanol–water partition coefficient (Wildman–Crippen LogP) is 1.89. The minimum Gasteiger partial charge on any atom is -0.381 e. The number of nitrogens with one attached hydrogen (secondary N) is 1. The highest BCUT2D eigenvalue weighted by molar-refractivity contribution is 5.01. The van der Waals surface area contributed by atoms with Crippen molar-refractivity contribution in [2.75, 3.05) is 20.3 Å². The van der Waals surface area contributed by atoms with E-state index >= 15 is 0 Å². The Morgan fingerprint density at radius 3 is 2.95 bits per heavy atom. The molecule has 3 atom stereocenters. The van der Waals surface area contributed by atoms with Gasteiger partial charge in [-0.1, -0.05) is 18.0 Å². The molecule has 2 fully saturated rings. The third kappa shape index (κ3) is 2.98. The summed E-state index contributed by atoms with van der Waals surface area (Å²) in [7, 11) is 2.02. The number of rotatable bonds is 4. The second kappa shape index (κ2) is 6.01. The molecule has 1 aromatic rings. The van der Waals surface area contributed by atoms with Gasteiger partial charge in [0.05, 0.1) is 5.92 Å². The molecule has 19 heavy (non-hydrogen) atoms. The van der Waals surface area contributed by atoms with Gasteiger partial charge in [0.15, 0.2) is 5.82 Å². The Labute approximate surface area is 114 Å². The van der Waals surface area contributed by atoms with Crippen LogP contribution in [-0.2, 0) is 11.2 Å². The largest absolute Gasteiger partial charge is 0.381 e. The molecule has 3 unspecified atom stereocenters. The quantitative estimate of drug-likeness (QED) is 0.901. The summed E-state index contributed by atoms with van der Waals surface area (Å²) >= 11 is 0. The first-order chi connectivity index (χ1) is 9.36. The van der Waals surface area contributed by atoms with E-state index in [1.54, 1.807) is 0 Å². The van der Waals surface area contributed by atoms with Crippen molar-refractivity contribution in [2.45, 2.75) is 50.5 Å². The Morgan fingerprint density at radius 2 is 2.16 bits per heavy atom. The molecule has 1 saturated carbocycles. The molecule has 3 rings (SSSR count). The van der Waals surface area contributed by atoms with E-state index in [2.05, 4.69) is 15.5 Å². The van der Waals surface area contributed by atoms with Gasteiger partial charge in [-0.15, -0.1) is 0 Å². The van der Waals surface area contributed by atoms with E-state index in [1.165, 1.54) is 19.3 Å². The Kier molecular flexibility index (Phi) is 4.13. The second-order valence-corrected chi connectivity index (χ2v) is 5.77. The molecule has 0 aromatic carbocycles. The number of hydrogen-bond acceptors (Lipinski definition) is 5. The fourth-order valence-corrected chi connectivity index (χ4v) is 3.28. The number of hydrogen-bond donors (Lipinski definition) is 1. The minimum absolute atomic E-state index is 0.389. The summed E-state index contributed by atoms with van der Waals surface area (Å²) in [5.74, 6) is 2.63. The fourth-order valence-electron chi connectivity index (χ4n) is 3.28. The zero-order valence-electron chi connectivity index (χ0n) is 11.6. The Hall–Kier alpha value is -0.940. The second-order valence-electron chi connectivity index (χ2n) is 5.77. The van der Waals surface area contributed by atoms with Gasteiger partial charge in [-0.2, -0.15) is 4.98 Å². The first-order valence-corrected chi connectivity index (χ1v) is 7.44. The van der Waals surface area contributed by atoms with Crippen LogP contribution in [-0.4, -0.2) is 36.4 Å². The molecule has 2 heterocycles. The van der Waals surface area contributed by atoms with Crippen LogP contribution in [0.5, 0.6) is 0 Å². The summed E-state index contributed by atoms with van der Waals surface area (Å²) in [6.07, 6.45) is 6.92. The highest BCUT2D eigenvalue weighted by Crippen LogP contribution is 2.32. The maximum atomic E-state index is 5.50. The lowest BCUT2D eigenvalue weighted by Gasteiger charge is -2.28. The van der Waals surface area contributed by atoms with Crippen LogP contribution in [0.25, 0.3) is 0 Å². The molecule has 0 spiro atoms. The summed E-state index contributed by atoms with van der Waals surface area (Å²) in [4.78, 5) is 4.62. The van der Waals surface area contributed by atoms with Gasteiger partial charge in [0, 0.05) is 25.7 Å². The van der Waals surface area contributed by atoms with Gasteiger partial charge >= 0.3 is 0 Å². The highest BCUT2D eigenvalue weighted by atomic mass is 16.5. The maximum Gasteiger partial charge on any atom is 0.231 e. The van der Waals surface area contributed by atoms with Gasteiger partial charge in [0.1, 0.15) is 0 Å². The third-order valence-electron chi connectivity index (χ3n) is 4.43. The van der Waals surface area contributed by atoms with Crippen molar-refractivity contribution < 1.29 is 9.26 Å². The number of aromatic nitrogens is 2. The molecule has 2 aliphatic rings. The Balaban J connectivity index is 1.65. The van der Waals surface area contributed by atoms with Crippen molar-refractivity contribution in [3.8, 4) is 0 Å². The van der Waals surface area contributed by atoms with Crippen LogP contribution < -0.4 is 5.32 Å². The average molecular weight is 265 g/mol. The molecule has 1 aliphatic carbocycles. The van der Waals surface area contributed by atoms with Crippen molar-refractivity contribution in [1.29, 1.82) is 0 Å². The lowest BCUT2D eigenvalue weighted by atomic mass is 9.84. The van der Waals surface area contributed by atoms with Crippen LogP contribution in [0, 0.1) is 5.92 Å². The lowest BCUT2D eigenvalue weighted by molar-refractivity contribution is 0.185. The standard InChI is InChI=1S/C14H23N3O2/c1-15-12-5-3-2-4-11(12)14-16-13(17-19-14)8-10-6-7-18-9-10/h10-12,15H,2-9H2,1H3. The highest BCUT2D eigenvalue weighted by Gasteiger charge is 2.30. The number of likely N-dealkylation sites (N-methyl/N-ethyl adjacent to an activating group) is 1. The zero-order chi connectivity index (χ0) is 13.1. The summed E-state index contributed by atoms with van der Waals surface area (Å²) in [5.41, 5.74) is 0. The minimum atomic E-state index is 0.389. The molecule has 1 aromatic heterocycles. The molecule has 5 heteroatoms. The predicted molar refractivity (Wildman–Crippen MR) is 71.0 cm³/mol. The van der Waals surface area contributed by atoms with Crippen molar-refractivity contribution in [3.05, 3.63) is 11.7 Å². The fraction of sp³-hybridized carbons (Fsp3) is 0.857. The molecular formula is C14H23N3O2. The molecule has 1 aliphatic heterocycles. The molecule has 0 radical (unpaired) electrons. The Bertz CT molecular complexity index is 401. The molecule has 106 valence electrons. The SMILES string of the molecule is CNC1CCCCC1c1nc(CC2CCOC2)no1. The van der Waals surface area contributed by atoms with Gasteiger partial charge in [-0.3, -0.25) is 0 Å². The molecule has 0 bridgehead atoms. The van der Waals surface area contributed by atoms with Crippen LogP contribution in [0.1, 0.15) is 49.7 Å². The van der Waals surface area contributed by atoms with Crippen molar-refractivity contribution >= 4 is 0 Å². The molecule has 1 saturated heterocycles. The molecular weight excluding hydrogens is 242 g/mol. The first kappa shape index (κ1) is 13.1. The third-order valence-corrected chi connectivity index (χ3v) is 4.43. The van der Waals surface area contributed by atoms with E-state index in [0.29, 0.717) is 17.9 Å². The monoisotopic (exact) mass is 265 g/mol. The normalized spacial score (nSPS) is 31.7.